The lowest BCUT2D eigenvalue weighted by Gasteiger charge is -2.14. The van der Waals surface area contributed by atoms with Gasteiger partial charge >= 0.3 is 11.9 Å². The highest BCUT2D eigenvalue weighted by atomic mass is 32.2. The van der Waals surface area contributed by atoms with Gasteiger partial charge in [-0.1, -0.05) is 0 Å². The van der Waals surface area contributed by atoms with Gasteiger partial charge in [0, 0.05) is 25.1 Å². The zero-order valence-electron chi connectivity index (χ0n) is 13.2. The summed E-state index contributed by atoms with van der Waals surface area (Å²) in [7, 11) is -2.68. The third-order valence-electron chi connectivity index (χ3n) is 3.57. The number of hydrogen-bond acceptors (Lipinski definition) is 5. The molecule has 0 radical (unpaired) electrons. The summed E-state index contributed by atoms with van der Waals surface area (Å²) in [5.74, 6) is 0. The molecule has 2 N–H and O–H groups in total. The molecule has 136 valence electrons. The first kappa shape index (κ1) is 18.8. The predicted molar refractivity (Wildman–Crippen MR) is 84.0 cm³/mol. The van der Waals surface area contributed by atoms with Crippen molar-refractivity contribution >= 4 is 15.5 Å². The highest BCUT2D eigenvalue weighted by Crippen LogP contribution is 2.27. The van der Waals surface area contributed by atoms with Crippen LogP contribution in [0.1, 0.15) is 11.3 Å². The number of rotatable bonds is 3. The standard InChI is InChI=1S/C14H14F3N3O4S/c1-19-11(14(15,16)17)6-12(21)20(13(19)22)7-8-5-9(25(2,23)24)3-4-10(8)18/h3-6H,7,18H2,1-2H3. The number of nitrogen functional groups attached to an aromatic ring is 1. The van der Waals surface area contributed by atoms with Crippen molar-refractivity contribution in [1.29, 1.82) is 0 Å². The van der Waals surface area contributed by atoms with Crippen LogP contribution < -0.4 is 17.0 Å². The molecule has 0 unspecified atom stereocenters. The van der Waals surface area contributed by atoms with Crippen LogP contribution in [0, 0.1) is 0 Å². The van der Waals surface area contributed by atoms with Crippen LogP contribution in [0.2, 0.25) is 0 Å². The first-order valence-electron chi connectivity index (χ1n) is 6.79. The highest BCUT2D eigenvalue weighted by Gasteiger charge is 2.34. The van der Waals surface area contributed by atoms with Gasteiger partial charge in [0.25, 0.3) is 5.56 Å². The van der Waals surface area contributed by atoms with E-state index in [1.165, 1.54) is 18.2 Å². The van der Waals surface area contributed by atoms with Crippen LogP contribution in [0.25, 0.3) is 0 Å². The van der Waals surface area contributed by atoms with Crippen LogP contribution in [0.15, 0.2) is 38.8 Å². The van der Waals surface area contributed by atoms with Gasteiger partial charge in [0.2, 0.25) is 0 Å². The Labute approximate surface area is 140 Å². The number of halogens is 3. The molecule has 2 rings (SSSR count). The molecule has 0 atom stereocenters. The monoisotopic (exact) mass is 377 g/mol. The number of nitrogens with zero attached hydrogens (tertiary/aromatic N) is 2. The van der Waals surface area contributed by atoms with Crippen molar-refractivity contribution < 1.29 is 21.6 Å². The summed E-state index contributed by atoms with van der Waals surface area (Å²) in [6, 6.07) is 4.01. The van der Waals surface area contributed by atoms with Gasteiger partial charge in [0.1, 0.15) is 5.69 Å². The number of alkyl halides is 3. The van der Waals surface area contributed by atoms with Gasteiger partial charge in [-0.25, -0.2) is 13.2 Å². The molecule has 1 heterocycles. The van der Waals surface area contributed by atoms with E-state index in [1.54, 1.807) is 0 Å². The molecular weight excluding hydrogens is 363 g/mol. The Hall–Kier alpha value is -2.56. The first-order valence-corrected chi connectivity index (χ1v) is 8.68. The molecule has 0 fully saturated rings. The van der Waals surface area contributed by atoms with E-state index in [4.69, 9.17) is 5.73 Å². The number of sulfone groups is 1. The molecule has 11 heteroatoms. The Bertz CT molecular complexity index is 1050. The zero-order valence-corrected chi connectivity index (χ0v) is 14.0. The van der Waals surface area contributed by atoms with E-state index in [1.807, 2.05) is 0 Å². The maximum absolute atomic E-state index is 12.8. The molecule has 0 aliphatic heterocycles. The molecular formula is C14H14F3N3O4S. The van der Waals surface area contributed by atoms with Crippen molar-refractivity contribution in [3.05, 3.63) is 56.4 Å². The van der Waals surface area contributed by atoms with Gasteiger partial charge in [-0.15, -0.1) is 0 Å². The molecule has 7 nitrogen and oxygen atoms in total. The predicted octanol–water partition coefficient (Wildman–Crippen LogP) is 0.600. The van der Waals surface area contributed by atoms with Crippen molar-refractivity contribution in [2.45, 2.75) is 17.6 Å². The Kier molecular flexibility index (Phi) is 4.55. The number of benzene rings is 1. The molecule has 1 aromatic carbocycles. The molecule has 0 aliphatic carbocycles. The minimum absolute atomic E-state index is 0.0894. The second-order valence-corrected chi connectivity index (χ2v) is 7.44. The summed E-state index contributed by atoms with van der Waals surface area (Å²) < 4.78 is 62.5. The SMILES string of the molecule is Cn1c(C(F)(F)F)cc(=O)n(Cc2cc(S(C)(=O)=O)ccc2N)c1=O. The van der Waals surface area contributed by atoms with Crippen LogP contribution in [0.5, 0.6) is 0 Å². The van der Waals surface area contributed by atoms with E-state index in [0.29, 0.717) is 15.2 Å². The van der Waals surface area contributed by atoms with Crippen LogP contribution >= 0.6 is 0 Å². The summed E-state index contributed by atoms with van der Waals surface area (Å²) in [6.07, 6.45) is -3.90. The number of hydrogen-bond donors (Lipinski definition) is 1. The van der Waals surface area contributed by atoms with Crippen LogP contribution in [0.3, 0.4) is 0 Å². The largest absolute Gasteiger partial charge is 0.431 e. The second kappa shape index (κ2) is 6.06. The molecule has 0 bridgehead atoms. The normalized spacial score (nSPS) is 12.4. The smallest absolute Gasteiger partial charge is 0.398 e. The zero-order chi connectivity index (χ0) is 19.2. The van der Waals surface area contributed by atoms with Crippen molar-refractivity contribution in [2.24, 2.45) is 7.05 Å². The van der Waals surface area contributed by atoms with Crippen molar-refractivity contribution in [3.63, 3.8) is 0 Å². The molecule has 2 aromatic rings. The molecule has 0 aliphatic rings. The van der Waals surface area contributed by atoms with Crippen LogP contribution in [-0.4, -0.2) is 23.8 Å². The summed E-state index contributed by atoms with van der Waals surface area (Å²) in [4.78, 5) is 24.0. The summed E-state index contributed by atoms with van der Waals surface area (Å²) in [5.41, 5.74) is 2.21. The third kappa shape index (κ3) is 3.76. The maximum atomic E-state index is 12.8. The fraction of sp³-hybridized carbons (Fsp3) is 0.286. The molecule has 0 spiro atoms. The van der Waals surface area contributed by atoms with Gasteiger partial charge in [0.15, 0.2) is 9.84 Å². The van der Waals surface area contributed by atoms with Crippen LogP contribution in [0.4, 0.5) is 18.9 Å². The van der Waals surface area contributed by atoms with E-state index in [-0.39, 0.29) is 16.1 Å². The molecule has 1 aromatic heterocycles. The Morgan fingerprint density at radius 1 is 1.16 bits per heavy atom. The topological polar surface area (TPSA) is 104 Å². The van der Waals surface area contributed by atoms with Gasteiger partial charge in [-0.05, 0) is 23.8 Å². The van der Waals surface area contributed by atoms with Crippen molar-refractivity contribution in [3.8, 4) is 0 Å². The van der Waals surface area contributed by atoms with E-state index < -0.39 is 39.5 Å². The number of nitrogens with two attached hydrogens (primary N) is 1. The molecule has 0 amide bonds. The minimum atomic E-state index is -4.86. The molecule has 25 heavy (non-hydrogen) atoms. The van der Waals surface area contributed by atoms with Gasteiger partial charge < -0.3 is 5.73 Å². The first-order chi connectivity index (χ1) is 11.3. The lowest BCUT2D eigenvalue weighted by atomic mass is 10.2. The highest BCUT2D eigenvalue weighted by molar-refractivity contribution is 7.90. The lowest BCUT2D eigenvalue weighted by molar-refractivity contribution is -0.144. The summed E-state index contributed by atoms with van der Waals surface area (Å²) in [6.45, 7) is -0.459. The fourth-order valence-electron chi connectivity index (χ4n) is 2.21. The van der Waals surface area contributed by atoms with Gasteiger partial charge in [0.05, 0.1) is 11.4 Å². The van der Waals surface area contributed by atoms with Crippen molar-refractivity contribution in [2.75, 3.05) is 12.0 Å². The van der Waals surface area contributed by atoms with Crippen LogP contribution in [-0.2, 0) is 29.6 Å². The number of aromatic nitrogens is 2. The summed E-state index contributed by atoms with van der Waals surface area (Å²) >= 11 is 0. The van der Waals surface area contributed by atoms with E-state index in [9.17, 15) is 31.2 Å². The Morgan fingerprint density at radius 3 is 2.28 bits per heavy atom. The molecule has 0 saturated carbocycles. The second-order valence-electron chi connectivity index (χ2n) is 5.43. The van der Waals surface area contributed by atoms with Gasteiger partial charge in [-0.2, -0.15) is 13.2 Å². The summed E-state index contributed by atoms with van der Waals surface area (Å²) in [5, 5.41) is 0. The fourth-order valence-corrected chi connectivity index (χ4v) is 2.88. The number of anilines is 1. The minimum Gasteiger partial charge on any atom is -0.398 e. The Balaban J connectivity index is 2.62. The maximum Gasteiger partial charge on any atom is 0.431 e. The third-order valence-corrected chi connectivity index (χ3v) is 4.68. The molecule has 0 saturated heterocycles. The van der Waals surface area contributed by atoms with E-state index >= 15 is 0 Å². The quantitative estimate of drug-likeness (QED) is 0.789. The Morgan fingerprint density at radius 2 is 1.76 bits per heavy atom. The average Bonchev–Trinajstić information content (AvgIpc) is 2.46. The van der Waals surface area contributed by atoms with E-state index in [0.717, 1.165) is 13.3 Å². The average molecular weight is 377 g/mol. The van der Waals surface area contributed by atoms with Crippen molar-refractivity contribution in [1.82, 2.24) is 9.13 Å². The van der Waals surface area contributed by atoms with E-state index in [2.05, 4.69) is 0 Å². The lowest BCUT2D eigenvalue weighted by Crippen LogP contribution is -2.42. The van der Waals surface area contributed by atoms with Gasteiger partial charge in [-0.3, -0.25) is 13.9 Å².